The first kappa shape index (κ1) is 16.2. The van der Waals surface area contributed by atoms with Gasteiger partial charge >= 0.3 is 6.09 Å². The van der Waals surface area contributed by atoms with Gasteiger partial charge in [-0.15, -0.1) is 0 Å². The molecule has 2 unspecified atom stereocenters. The van der Waals surface area contributed by atoms with Gasteiger partial charge in [-0.2, -0.15) is 0 Å². The Bertz CT molecular complexity index is 715. The van der Waals surface area contributed by atoms with Crippen molar-refractivity contribution < 1.29 is 18.7 Å². The van der Waals surface area contributed by atoms with Crippen molar-refractivity contribution in [3.05, 3.63) is 71.5 Å². The van der Waals surface area contributed by atoms with Gasteiger partial charge in [0.05, 0.1) is 0 Å². The van der Waals surface area contributed by atoms with E-state index in [0.717, 1.165) is 17.5 Å². The van der Waals surface area contributed by atoms with Crippen molar-refractivity contribution in [1.29, 1.82) is 0 Å². The maximum Gasteiger partial charge on any atom is 0.407 e. The second-order valence-corrected chi connectivity index (χ2v) is 5.83. The lowest BCUT2D eigenvalue weighted by Crippen LogP contribution is -2.38. The first-order valence-corrected chi connectivity index (χ1v) is 7.90. The van der Waals surface area contributed by atoms with Gasteiger partial charge in [-0.3, -0.25) is 4.79 Å². The van der Waals surface area contributed by atoms with Crippen molar-refractivity contribution in [1.82, 2.24) is 5.32 Å². The lowest BCUT2D eigenvalue weighted by atomic mass is 9.86. The summed E-state index contributed by atoms with van der Waals surface area (Å²) in [5.74, 6) is -0.869. The molecular formula is C19H18FNO3. The highest BCUT2D eigenvalue weighted by molar-refractivity contribution is 5.94. The number of ketones is 1. The van der Waals surface area contributed by atoms with E-state index in [9.17, 15) is 14.0 Å². The Morgan fingerprint density at radius 1 is 1.17 bits per heavy atom. The predicted octanol–water partition coefficient (Wildman–Crippen LogP) is 3.22. The second-order valence-electron chi connectivity index (χ2n) is 5.83. The molecule has 3 rings (SSSR count). The molecule has 0 saturated carbocycles. The van der Waals surface area contributed by atoms with E-state index >= 15 is 0 Å². The quantitative estimate of drug-likeness (QED) is 0.886. The smallest absolute Gasteiger partial charge is 0.407 e. The largest absolute Gasteiger partial charge is 0.447 e. The topological polar surface area (TPSA) is 55.4 Å². The van der Waals surface area contributed by atoms with E-state index in [1.165, 1.54) is 12.1 Å². The van der Waals surface area contributed by atoms with E-state index in [2.05, 4.69) is 5.32 Å². The Morgan fingerprint density at radius 2 is 1.88 bits per heavy atom. The van der Waals surface area contributed by atoms with Gasteiger partial charge in [0.25, 0.3) is 0 Å². The first-order chi connectivity index (χ1) is 11.6. The van der Waals surface area contributed by atoms with Crippen LogP contribution >= 0.6 is 0 Å². The van der Waals surface area contributed by atoms with Gasteiger partial charge in [-0.1, -0.05) is 42.5 Å². The van der Waals surface area contributed by atoms with Crippen LogP contribution in [-0.4, -0.2) is 24.5 Å². The maximum absolute atomic E-state index is 13.2. The van der Waals surface area contributed by atoms with Gasteiger partial charge in [-0.05, 0) is 36.1 Å². The minimum Gasteiger partial charge on any atom is -0.447 e. The van der Waals surface area contributed by atoms with Crippen LogP contribution in [0.4, 0.5) is 9.18 Å². The Balaban J connectivity index is 1.78. The van der Waals surface area contributed by atoms with Crippen LogP contribution in [0.2, 0.25) is 0 Å². The molecule has 1 fully saturated rings. The van der Waals surface area contributed by atoms with E-state index in [0.29, 0.717) is 6.42 Å². The molecule has 0 radical (unpaired) electrons. The van der Waals surface area contributed by atoms with E-state index in [1.54, 1.807) is 12.1 Å². The molecule has 1 amide bonds. The average molecular weight is 327 g/mol. The number of Topliss-reactive ketones (excluding diaryl/α,β-unsaturated/α-hetero) is 1. The molecule has 4 nitrogen and oxygen atoms in total. The number of amides is 1. The highest BCUT2D eigenvalue weighted by Crippen LogP contribution is 2.25. The zero-order valence-electron chi connectivity index (χ0n) is 13.1. The zero-order valence-corrected chi connectivity index (χ0v) is 13.1. The summed E-state index contributed by atoms with van der Waals surface area (Å²) in [6.07, 6.45) is 0.728. The fourth-order valence-corrected chi connectivity index (χ4v) is 2.90. The molecule has 1 aliphatic heterocycles. The van der Waals surface area contributed by atoms with Crippen LogP contribution in [0.1, 0.15) is 23.5 Å². The Kier molecular flexibility index (Phi) is 4.89. The highest BCUT2D eigenvalue weighted by atomic mass is 19.1. The standard InChI is InChI=1S/C19H18FNO3/c20-15-9-7-14(8-10-15)16(11-6-13-4-2-1-3-5-13)18(22)17-12-24-19(23)21-17/h1-5,7-10,16-17H,6,11-12H2,(H,21,23). The number of carbonyl (C=O) groups is 2. The van der Waals surface area contributed by atoms with Crippen molar-refractivity contribution in [2.75, 3.05) is 6.61 Å². The number of carbonyl (C=O) groups excluding carboxylic acids is 2. The van der Waals surface area contributed by atoms with Crippen LogP contribution < -0.4 is 5.32 Å². The van der Waals surface area contributed by atoms with Crippen LogP contribution in [-0.2, 0) is 16.0 Å². The SMILES string of the molecule is O=C1NC(C(=O)C(CCc2ccccc2)c2ccc(F)cc2)CO1. The summed E-state index contributed by atoms with van der Waals surface area (Å²) in [6.45, 7) is 0.0424. The average Bonchev–Trinajstić information content (AvgIpc) is 3.04. The third kappa shape index (κ3) is 3.79. The van der Waals surface area contributed by atoms with Crippen LogP contribution in [0, 0.1) is 5.82 Å². The Labute approximate surface area is 139 Å². The predicted molar refractivity (Wildman–Crippen MR) is 87.2 cm³/mol. The van der Waals surface area contributed by atoms with Gasteiger partial charge in [0.15, 0.2) is 5.78 Å². The Hall–Kier alpha value is -2.69. The molecule has 2 aromatic carbocycles. The molecule has 2 atom stereocenters. The molecule has 0 aliphatic carbocycles. The van der Waals surface area contributed by atoms with Crippen LogP contribution in [0.25, 0.3) is 0 Å². The van der Waals surface area contributed by atoms with Crippen LogP contribution in [0.3, 0.4) is 0 Å². The summed E-state index contributed by atoms with van der Waals surface area (Å²) >= 11 is 0. The third-order valence-electron chi connectivity index (χ3n) is 4.20. The summed E-state index contributed by atoms with van der Waals surface area (Å²) in [7, 11) is 0. The third-order valence-corrected chi connectivity index (χ3v) is 4.20. The van der Waals surface area contributed by atoms with Gasteiger partial charge in [0.1, 0.15) is 18.5 Å². The van der Waals surface area contributed by atoms with E-state index in [1.807, 2.05) is 30.3 Å². The summed E-state index contributed by atoms with van der Waals surface area (Å²) in [5, 5.41) is 2.53. The number of aryl methyl sites for hydroxylation is 1. The lowest BCUT2D eigenvalue weighted by Gasteiger charge is -2.19. The number of rotatable bonds is 6. The van der Waals surface area contributed by atoms with Crippen molar-refractivity contribution in [2.45, 2.75) is 24.8 Å². The summed E-state index contributed by atoms with van der Waals surface area (Å²) in [4.78, 5) is 24.0. The normalized spacial score (nSPS) is 17.9. The number of alkyl carbamates (subject to hydrolysis) is 1. The number of hydrogen-bond acceptors (Lipinski definition) is 3. The molecule has 5 heteroatoms. The minimum atomic E-state index is -0.650. The van der Waals surface area contributed by atoms with Gasteiger partial charge in [0, 0.05) is 5.92 Å². The van der Waals surface area contributed by atoms with Crippen LogP contribution in [0.15, 0.2) is 54.6 Å². The van der Waals surface area contributed by atoms with E-state index in [-0.39, 0.29) is 18.2 Å². The minimum absolute atomic E-state index is 0.0424. The summed E-state index contributed by atoms with van der Waals surface area (Å²) in [6, 6.07) is 15.2. The number of halogens is 1. The molecule has 1 N–H and O–H groups in total. The number of cyclic esters (lactones) is 1. The highest BCUT2D eigenvalue weighted by Gasteiger charge is 2.34. The van der Waals surface area contributed by atoms with Crippen molar-refractivity contribution in [3.8, 4) is 0 Å². The molecule has 24 heavy (non-hydrogen) atoms. The van der Waals surface area contributed by atoms with Gasteiger partial charge in [0.2, 0.25) is 0 Å². The van der Waals surface area contributed by atoms with Crippen molar-refractivity contribution in [3.63, 3.8) is 0 Å². The molecule has 1 saturated heterocycles. The number of hydrogen-bond donors (Lipinski definition) is 1. The number of nitrogens with one attached hydrogen (secondary N) is 1. The van der Waals surface area contributed by atoms with E-state index in [4.69, 9.17) is 4.74 Å². The fraction of sp³-hybridized carbons (Fsp3) is 0.263. The molecule has 124 valence electrons. The van der Waals surface area contributed by atoms with E-state index < -0.39 is 18.1 Å². The monoisotopic (exact) mass is 327 g/mol. The second kappa shape index (κ2) is 7.25. The van der Waals surface area contributed by atoms with Crippen LogP contribution in [0.5, 0.6) is 0 Å². The number of ether oxygens (including phenoxy) is 1. The summed E-state index contributed by atoms with van der Waals surface area (Å²) < 4.78 is 18.0. The molecule has 0 spiro atoms. The first-order valence-electron chi connectivity index (χ1n) is 7.90. The fourth-order valence-electron chi connectivity index (χ4n) is 2.90. The van der Waals surface area contributed by atoms with Crippen molar-refractivity contribution >= 4 is 11.9 Å². The number of benzene rings is 2. The molecule has 2 aromatic rings. The molecular weight excluding hydrogens is 309 g/mol. The maximum atomic E-state index is 13.2. The molecule has 0 bridgehead atoms. The molecule has 1 heterocycles. The van der Waals surface area contributed by atoms with Crippen molar-refractivity contribution in [2.24, 2.45) is 0 Å². The van der Waals surface area contributed by atoms with Gasteiger partial charge in [-0.25, -0.2) is 9.18 Å². The molecule has 1 aliphatic rings. The Morgan fingerprint density at radius 3 is 2.50 bits per heavy atom. The lowest BCUT2D eigenvalue weighted by molar-refractivity contribution is -0.122. The van der Waals surface area contributed by atoms with Gasteiger partial charge < -0.3 is 10.1 Å². The molecule has 0 aromatic heterocycles. The zero-order chi connectivity index (χ0) is 16.9. The summed E-state index contributed by atoms with van der Waals surface area (Å²) in [5.41, 5.74) is 1.88.